The summed E-state index contributed by atoms with van der Waals surface area (Å²) in [7, 11) is -2.01. The van der Waals surface area contributed by atoms with Crippen LogP contribution < -0.4 is 38.2 Å². The van der Waals surface area contributed by atoms with Crippen molar-refractivity contribution in [3.05, 3.63) is 132 Å². The molecule has 0 unspecified atom stereocenters. The van der Waals surface area contributed by atoms with Crippen LogP contribution >= 0.6 is 7.26 Å². The number of hydrogen-bond donors (Lipinski definition) is 1. The molecule has 1 heterocycles. The molecular weight excluding hydrogens is 461 g/mol. The van der Waals surface area contributed by atoms with Crippen LogP contribution in [-0.4, -0.2) is 6.54 Å². The molecule has 1 aliphatic heterocycles. The van der Waals surface area contributed by atoms with Gasteiger partial charge in [0.05, 0.1) is 5.70 Å². The first-order chi connectivity index (χ1) is 14.9. The minimum absolute atomic E-state index is 0. The molecule has 1 nitrogen and oxygen atoms in total. The highest BCUT2D eigenvalue weighted by molar-refractivity contribution is 7.99. The molecule has 0 spiro atoms. The van der Waals surface area contributed by atoms with E-state index in [2.05, 4.69) is 127 Å². The van der Waals surface area contributed by atoms with Gasteiger partial charge >= 0.3 is 0 Å². The Morgan fingerprint density at radius 2 is 0.903 bits per heavy atom. The molecule has 0 atom stereocenters. The largest absolute Gasteiger partial charge is 1.00 e. The zero-order valence-electron chi connectivity index (χ0n) is 17.3. The molecule has 4 aromatic rings. The average molecular weight is 486 g/mol. The van der Waals surface area contributed by atoms with E-state index in [0.717, 1.165) is 13.0 Å². The Hall–Kier alpha value is -2.67. The van der Waals surface area contributed by atoms with Crippen LogP contribution in [0.1, 0.15) is 12.0 Å². The molecule has 31 heavy (non-hydrogen) atoms. The zero-order chi connectivity index (χ0) is 20.2. The van der Waals surface area contributed by atoms with E-state index in [-0.39, 0.29) is 17.0 Å². The second kappa shape index (κ2) is 9.64. The number of nitrogens with one attached hydrogen (secondary N) is 1. The highest BCUT2D eigenvalue weighted by Crippen LogP contribution is 2.65. The summed E-state index contributed by atoms with van der Waals surface area (Å²) >= 11 is 0. The van der Waals surface area contributed by atoms with Gasteiger partial charge in [-0.1, -0.05) is 84.9 Å². The van der Waals surface area contributed by atoms with E-state index in [1.807, 2.05) is 0 Å². The third kappa shape index (κ3) is 3.87. The lowest BCUT2D eigenvalue weighted by Crippen LogP contribution is -3.00. The number of rotatable bonds is 5. The predicted octanol–water partition coefficient (Wildman–Crippen LogP) is 2.35. The van der Waals surface area contributed by atoms with Crippen LogP contribution in [-0.2, 0) is 0 Å². The van der Waals surface area contributed by atoms with Gasteiger partial charge in [0.25, 0.3) is 0 Å². The Bertz CT molecular complexity index is 1050. The summed E-state index contributed by atoms with van der Waals surface area (Å²) in [4.78, 5) is 0. The maximum Gasteiger partial charge on any atom is 0.142 e. The topological polar surface area (TPSA) is 12.0 Å². The van der Waals surface area contributed by atoms with E-state index in [0.29, 0.717) is 0 Å². The maximum atomic E-state index is 3.74. The van der Waals surface area contributed by atoms with Gasteiger partial charge in [-0.05, 0) is 36.4 Å². The first kappa shape index (κ1) is 21.6. The fourth-order valence-corrected chi connectivity index (χ4v) is 9.29. The first-order valence-corrected chi connectivity index (χ1v) is 12.3. The van der Waals surface area contributed by atoms with Crippen molar-refractivity contribution in [2.75, 3.05) is 6.54 Å². The van der Waals surface area contributed by atoms with Crippen LogP contribution in [0.3, 0.4) is 0 Å². The van der Waals surface area contributed by atoms with Gasteiger partial charge in [-0.3, -0.25) is 0 Å². The van der Waals surface area contributed by atoms with Gasteiger partial charge in [0.2, 0.25) is 0 Å². The van der Waals surface area contributed by atoms with E-state index in [1.54, 1.807) is 0 Å². The number of hydrogen-bond acceptors (Lipinski definition) is 1. The highest BCUT2D eigenvalue weighted by atomic mass is 79.9. The number of halogens is 1. The highest BCUT2D eigenvalue weighted by Gasteiger charge is 2.51. The van der Waals surface area contributed by atoms with E-state index in [1.165, 1.54) is 32.5 Å². The molecule has 154 valence electrons. The lowest BCUT2D eigenvalue weighted by molar-refractivity contribution is -0.00000575. The maximum absolute atomic E-state index is 3.74. The summed E-state index contributed by atoms with van der Waals surface area (Å²) in [5.41, 5.74) is 2.58. The molecule has 0 aliphatic carbocycles. The van der Waals surface area contributed by atoms with Gasteiger partial charge in [0.15, 0.2) is 0 Å². The third-order valence-electron chi connectivity index (χ3n) is 5.85. The Kier molecular flexibility index (Phi) is 6.70. The van der Waals surface area contributed by atoms with Crippen LogP contribution in [0, 0.1) is 0 Å². The van der Waals surface area contributed by atoms with Crippen molar-refractivity contribution in [3.8, 4) is 0 Å². The molecule has 0 bridgehead atoms. The van der Waals surface area contributed by atoms with E-state index >= 15 is 0 Å². The molecule has 0 fully saturated rings. The molecule has 1 N–H and O–H groups in total. The van der Waals surface area contributed by atoms with Crippen LogP contribution in [0.4, 0.5) is 0 Å². The fourth-order valence-electron chi connectivity index (χ4n) is 4.61. The van der Waals surface area contributed by atoms with Crippen LogP contribution in [0.25, 0.3) is 5.70 Å². The summed E-state index contributed by atoms with van der Waals surface area (Å²) in [5, 5.41) is 9.52. The van der Waals surface area contributed by atoms with E-state index in [4.69, 9.17) is 0 Å². The van der Waals surface area contributed by atoms with Gasteiger partial charge in [0.1, 0.15) is 28.5 Å². The molecule has 4 aromatic carbocycles. The van der Waals surface area contributed by atoms with E-state index < -0.39 is 7.26 Å². The van der Waals surface area contributed by atoms with Crippen LogP contribution in [0.15, 0.2) is 127 Å². The minimum atomic E-state index is -2.01. The van der Waals surface area contributed by atoms with Crippen LogP contribution in [0.2, 0.25) is 0 Å². The quantitative estimate of drug-likeness (QED) is 0.428. The Labute approximate surface area is 196 Å². The van der Waals surface area contributed by atoms with Gasteiger partial charge in [0, 0.05) is 18.5 Å². The van der Waals surface area contributed by atoms with Gasteiger partial charge in [-0.15, -0.1) is 0 Å². The van der Waals surface area contributed by atoms with Gasteiger partial charge in [-0.2, -0.15) is 0 Å². The Morgan fingerprint density at radius 1 is 0.516 bits per heavy atom. The van der Waals surface area contributed by atoms with Crippen molar-refractivity contribution in [1.29, 1.82) is 0 Å². The average Bonchev–Trinajstić information content (AvgIpc) is 3.33. The molecule has 5 rings (SSSR count). The van der Waals surface area contributed by atoms with Gasteiger partial charge < -0.3 is 22.3 Å². The Balaban J connectivity index is 0.00000231. The van der Waals surface area contributed by atoms with E-state index in [9.17, 15) is 0 Å². The lowest BCUT2D eigenvalue weighted by atomic mass is 10.1. The summed E-state index contributed by atoms with van der Waals surface area (Å²) in [6, 6.07) is 44.2. The molecule has 0 amide bonds. The number of benzene rings is 4. The molecule has 3 heteroatoms. The SMILES string of the molecule is [Br-].c1ccc(C2=C([P+](c3ccccc3)(c3ccccc3)c3ccccc3)CCN2)cc1. The lowest BCUT2D eigenvalue weighted by Gasteiger charge is -2.29. The summed E-state index contributed by atoms with van der Waals surface area (Å²) in [5.74, 6) is 0. The smallest absolute Gasteiger partial charge is 0.142 e. The summed E-state index contributed by atoms with van der Waals surface area (Å²) in [6.07, 6.45) is 1.05. The first-order valence-electron chi connectivity index (χ1n) is 10.5. The molecule has 1 aliphatic rings. The fraction of sp³-hybridized carbons (Fsp3) is 0.0714. The molecule has 0 radical (unpaired) electrons. The van der Waals surface area contributed by atoms with Crippen molar-refractivity contribution >= 4 is 28.9 Å². The van der Waals surface area contributed by atoms with Crippen LogP contribution in [0.5, 0.6) is 0 Å². The monoisotopic (exact) mass is 485 g/mol. The molecule has 0 aromatic heterocycles. The third-order valence-corrected chi connectivity index (χ3v) is 10.3. The second-order valence-electron chi connectivity index (χ2n) is 7.54. The standard InChI is InChI=1S/C28H25NP.BrH/c1-5-13-23(14-6-1)28-27(21-22-29-28)30(24-15-7-2-8-16-24,25-17-9-3-10-18-25)26-19-11-4-12-20-26;/h1-20,29H,21-22H2;1H/q+1;/p-1. The zero-order valence-corrected chi connectivity index (χ0v) is 19.8. The normalized spacial score (nSPS) is 13.4. The minimum Gasteiger partial charge on any atom is -1.00 e. The summed E-state index contributed by atoms with van der Waals surface area (Å²) < 4.78 is 0. The Morgan fingerprint density at radius 3 is 1.32 bits per heavy atom. The predicted molar refractivity (Wildman–Crippen MR) is 131 cm³/mol. The van der Waals surface area contributed by atoms with Gasteiger partial charge in [-0.25, -0.2) is 0 Å². The van der Waals surface area contributed by atoms with Crippen molar-refractivity contribution in [2.45, 2.75) is 6.42 Å². The van der Waals surface area contributed by atoms with Crippen molar-refractivity contribution in [2.24, 2.45) is 0 Å². The molecule has 0 saturated carbocycles. The van der Waals surface area contributed by atoms with Crippen molar-refractivity contribution in [3.63, 3.8) is 0 Å². The molecular formula is C28H25BrNP. The molecule has 0 saturated heterocycles. The summed E-state index contributed by atoms with van der Waals surface area (Å²) in [6.45, 7) is 0.980. The second-order valence-corrected chi connectivity index (χ2v) is 11.0. The van der Waals surface area contributed by atoms with Crippen molar-refractivity contribution < 1.29 is 17.0 Å². The van der Waals surface area contributed by atoms with Crippen molar-refractivity contribution in [1.82, 2.24) is 5.32 Å².